The monoisotopic (exact) mass is 290 g/mol. The fourth-order valence-electron chi connectivity index (χ4n) is 2.02. The van der Waals surface area contributed by atoms with E-state index in [1.165, 1.54) is 25.7 Å². The minimum absolute atomic E-state index is 0.0235. The van der Waals surface area contributed by atoms with Crippen LogP contribution in [-0.4, -0.2) is 19.2 Å². The minimum Gasteiger partial charge on any atom is -0.497 e. The van der Waals surface area contributed by atoms with Crippen LogP contribution in [0.5, 0.6) is 5.75 Å². The van der Waals surface area contributed by atoms with Crippen LogP contribution in [0.3, 0.4) is 0 Å². The number of ether oxygens (including phenoxy) is 1. The first-order valence-corrected chi connectivity index (χ1v) is 7.72. The molecule has 1 aromatic rings. The van der Waals surface area contributed by atoms with Crippen molar-refractivity contribution in [3.63, 3.8) is 0 Å². The van der Waals surface area contributed by atoms with E-state index in [4.69, 9.17) is 4.74 Å². The summed E-state index contributed by atoms with van der Waals surface area (Å²) in [7, 11) is 1.62. The van der Waals surface area contributed by atoms with Crippen molar-refractivity contribution in [3.8, 4) is 5.75 Å². The molecule has 0 bridgehead atoms. The summed E-state index contributed by atoms with van der Waals surface area (Å²) < 4.78 is 5.13. The Morgan fingerprint density at radius 1 is 1.24 bits per heavy atom. The molecule has 1 aromatic carbocycles. The second-order valence-electron chi connectivity index (χ2n) is 5.09. The highest BCUT2D eigenvalue weighted by molar-refractivity contribution is 5.82. The molecule has 0 atom stereocenters. The Balaban J connectivity index is 2.18. The largest absolute Gasteiger partial charge is 0.497 e. The number of nitrogens with one attached hydrogen (secondary N) is 1. The summed E-state index contributed by atoms with van der Waals surface area (Å²) in [5.74, 6) is 0.752. The van der Waals surface area contributed by atoms with Crippen molar-refractivity contribution in [3.05, 3.63) is 29.8 Å². The van der Waals surface area contributed by atoms with E-state index in [-0.39, 0.29) is 5.91 Å². The van der Waals surface area contributed by atoms with Crippen LogP contribution in [0.25, 0.3) is 0 Å². The second kappa shape index (κ2) is 10.9. The Labute approximate surface area is 127 Å². The Morgan fingerprint density at radius 3 is 2.76 bits per heavy atom. The highest BCUT2D eigenvalue weighted by Gasteiger charge is 1.99. The second-order valence-corrected chi connectivity index (χ2v) is 5.09. The third kappa shape index (κ3) is 8.12. The number of carbonyl (C=O) groups excluding carboxylic acids is 1. The van der Waals surface area contributed by atoms with Crippen molar-refractivity contribution in [2.24, 2.45) is 5.10 Å². The van der Waals surface area contributed by atoms with Crippen molar-refractivity contribution in [2.75, 3.05) is 7.11 Å². The molecule has 21 heavy (non-hydrogen) atoms. The third-order valence-corrected chi connectivity index (χ3v) is 3.25. The maximum absolute atomic E-state index is 11.6. The van der Waals surface area contributed by atoms with Crippen molar-refractivity contribution in [1.82, 2.24) is 5.43 Å². The van der Waals surface area contributed by atoms with Crippen molar-refractivity contribution in [2.45, 2.75) is 51.9 Å². The zero-order valence-electron chi connectivity index (χ0n) is 13.1. The summed E-state index contributed by atoms with van der Waals surface area (Å²) in [6.45, 7) is 2.20. The molecule has 0 aliphatic rings. The van der Waals surface area contributed by atoms with Gasteiger partial charge < -0.3 is 4.74 Å². The zero-order valence-corrected chi connectivity index (χ0v) is 13.1. The molecule has 1 rings (SSSR count). The molecule has 4 nitrogen and oxygen atoms in total. The van der Waals surface area contributed by atoms with Crippen LogP contribution in [0, 0.1) is 0 Å². The van der Waals surface area contributed by atoms with Gasteiger partial charge >= 0.3 is 0 Å². The quantitative estimate of drug-likeness (QED) is 0.404. The maximum Gasteiger partial charge on any atom is 0.240 e. The lowest BCUT2D eigenvalue weighted by Gasteiger charge is -2.01. The number of rotatable bonds is 10. The molecule has 0 aliphatic heterocycles. The smallest absolute Gasteiger partial charge is 0.240 e. The molecule has 1 amide bonds. The van der Waals surface area contributed by atoms with Crippen LogP contribution in [0.4, 0.5) is 0 Å². The third-order valence-electron chi connectivity index (χ3n) is 3.25. The lowest BCUT2D eigenvalue weighted by molar-refractivity contribution is -0.121. The molecular formula is C17H26N2O2. The SMILES string of the molecule is CCCCCCCCC(=O)NN=Cc1cccc(OC)c1. The van der Waals surface area contributed by atoms with Gasteiger partial charge in [0.05, 0.1) is 13.3 Å². The van der Waals surface area contributed by atoms with E-state index in [1.54, 1.807) is 13.3 Å². The summed E-state index contributed by atoms with van der Waals surface area (Å²) >= 11 is 0. The molecule has 0 aromatic heterocycles. The highest BCUT2D eigenvalue weighted by Crippen LogP contribution is 2.10. The van der Waals surface area contributed by atoms with Gasteiger partial charge in [-0.1, -0.05) is 51.2 Å². The summed E-state index contributed by atoms with van der Waals surface area (Å²) in [4.78, 5) is 11.6. The predicted octanol–water partition coefficient (Wildman–Crippen LogP) is 3.90. The summed E-state index contributed by atoms with van der Waals surface area (Å²) in [5, 5.41) is 3.97. The Morgan fingerprint density at radius 2 is 2.00 bits per heavy atom. The van der Waals surface area contributed by atoms with Gasteiger partial charge in [0.15, 0.2) is 0 Å². The Hall–Kier alpha value is -1.84. The number of benzene rings is 1. The van der Waals surface area contributed by atoms with Crippen LogP contribution >= 0.6 is 0 Å². The van der Waals surface area contributed by atoms with E-state index in [1.807, 2.05) is 24.3 Å². The average molecular weight is 290 g/mol. The van der Waals surface area contributed by atoms with Gasteiger partial charge in [0, 0.05) is 6.42 Å². The van der Waals surface area contributed by atoms with E-state index >= 15 is 0 Å². The van der Waals surface area contributed by atoms with E-state index in [0.717, 1.165) is 24.2 Å². The van der Waals surface area contributed by atoms with Crippen molar-refractivity contribution >= 4 is 12.1 Å². The number of hydrazone groups is 1. The molecule has 0 saturated carbocycles. The lowest BCUT2D eigenvalue weighted by atomic mass is 10.1. The van der Waals surface area contributed by atoms with E-state index in [9.17, 15) is 4.79 Å². The van der Waals surface area contributed by atoms with Gasteiger partial charge in [0.25, 0.3) is 0 Å². The number of carbonyl (C=O) groups is 1. The molecule has 116 valence electrons. The molecule has 1 N–H and O–H groups in total. The van der Waals surface area contributed by atoms with Crippen LogP contribution in [0.2, 0.25) is 0 Å². The molecular weight excluding hydrogens is 264 g/mol. The van der Waals surface area contributed by atoms with Crippen LogP contribution in [0.15, 0.2) is 29.4 Å². The number of amides is 1. The van der Waals surface area contributed by atoms with Gasteiger partial charge in [-0.05, 0) is 24.1 Å². The van der Waals surface area contributed by atoms with Gasteiger partial charge in [0.2, 0.25) is 5.91 Å². The predicted molar refractivity (Wildman–Crippen MR) is 86.7 cm³/mol. The van der Waals surface area contributed by atoms with Crippen molar-refractivity contribution < 1.29 is 9.53 Å². The first-order valence-electron chi connectivity index (χ1n) is 7.72. The zero-order chi connectivity index (χ0) is 15.3. The molecule has 0 fully saturated rings. The number of methoxy groups -OCH3 is 1. The van der Waals surface area contributed by atoms with Crippen LogP contribution in [0.1, 0.15) is 57.4 Å². The lowest BCUT2D eigenvalue weighted by Crippen LogP contribution is -2.16. The number of hydrogen-bond acceptors (Lipinski definition) is 3. The molecule has 0 saturated heterocycles. The Kier molecular flexibility index (Phi) is 8.93. The number of hydrogen-bond donors (Lipinski definition) is 1. The maximum atomic E-state index is 11.6. The van der Waals surface area contributed by atoms with E-state index < -0.39 is 0 Å². The summed E-state index contributed by atoms with van der Waals surface area (Å²) in [6, 6.07) is 7.53. The molecule has 0 unspecified atom stereocenters. The summed E-state index contributed by atoms with van der Waals surface area (Å²) in [6.07, 6.45) is 9.25. The average Bonchev–Trinajstić information content (AvgIpc) is 2.51. The Bertz CT molecular complexity index is 444. The first kappa shape index (κ1) is 17.2. The van der Waals surface area contributed by atoms with Gasteiger partial charge in [0.1, 0.15) is 5.75 Å². The normalized spacial score (nSPS) is 10.8. The minimum atomic E-state index is -0.0235. The van der Waals surface area contributed by atoms with Crippen LogP contribution in [-0.2, 0) is 4.79 Å². The van der Waals surface area contributed by atoms with Gasteiger partial charge in [-0.25, -0.2) is 5.43 Å². The topological polar surface area (TPSA) is 50.7 Å². The first-order chi connectivity index (χ1) is 10.3. The van der Waals surface area contributed by atoms with Gasteiger partial charge in [-0.3, -0.25) is 4.79 Å². The molecule has 0 aliphatic carbocycles. The van der Waals surface area contributed by atoms with Gasteiger partial charge in [-0.2, -0.15) is 5.10 Å². The highest BCUT2D eigenvalue weighted by atomic mass is 16.5. The fourth-order valence-corrected chi connectivity index (χ4v) is 2.02. The molecule has 0 heterocycles. The molecule has 0 radical (unpaired) electrons. The fraction of sp³-hybridized carbons (Fsp3) is 0.529. The van der Waals surface area contributed by atoms with Crippen molar-refractivity contribution in [1.29, 1.82) is 0 Å². The van der Waals surface area contributed by atoms with Crippen LogP contribution < -0.4 is 10.2 Å². The summed E-state index contributed by atoms with van der Waals surface area (Å²) in [5.41, 5.74) is 3.46. The molecule has 0 spiro atoms. The molecule has 4 heteroatoms. The van der Waals surface area contributed by atoms with Gasteiger partial charge in [-0.15, -0.1) is 0 Å². The standard InChI is InChI=1S/C17H26N2O2/c1-3-4-5-6-7-8-12-17(20)19-18-14-15-10-9-11-16(13-15)21-2/h9-11,13-14H,3-8,12H2,1-2H3,(H,19,20). The number of unbranched alkanes of at least 4 members (excludes halogenated alkanes) is 5. The van der Waals surface area contributed by atoms with E-state index in [0.29, 0.717) is 6.42 Å². The van der Waals surface area contributed by atoms with E-state index in [2.05, 4.69) is 17.5 Å². The number of nitrogens with zero attached hydrogens (tertiary/aromatic N) is 1.